The maximum Gasteiger partial charge on any atom is 0.311 e. The van der Waals surface area contributed by atoms with Gasteiger partial charge in [-0.25, -0.2) is 0 Å². The predicted molar refractivity (Wildman–Crippen MR) is 186 cm³/mol. The predicted octanol–water partition coefficient (Wildman–Crippen LogP) is 0.223. The highest BCUT2D eigenvalue weighted by Gasteiger charge is 2.24. The highest BCUT2D eigenvalue weighted by atomic mass is 16.6. The Morgan fingerprint density at radius 3 is 1.85 bits per heavy atom. The van der Waals surface area contributed by atoms with Crippen LogP contribution in [0.25, 0.3) is 0 Å². The van der Waals surface area contributed by atoms with Crippen LogP contribution >= 0.6 is 0 Å². The van der Waals surface area contributed by atoms with Gasteiger partial charge in [-0.2, -0.15) is 0 Å². The molecule has 1 heterocycles. The SMILES string of the molecule is C[C@H](NC(=O)CCOCCOCCOCCOCCNC(=O)CCN1C(=O)C=CC1=O)C(=O)NCC(=O)Nc1ccc(COC(=O)C(C)(C)C)cc1. The minimum absolute atomic E-state index is 0.0215. The van der Waals surface area contributed by atoms with E-state index >= 15 is 0 Å². The van der Waals surface area contributed by atoms with E-state index < -0.39 is 35.1 Å². The summed E-state index contributed by atoms with van der Waals surface area (Å²) in [6.45, 7) is 9.30. The number of hydrogen-bond donors (Lipinski definition) is 4. The van der Waals surface area contributed by atoms with Crippen molar-refractivity contribution < 1.29 is 57.2 Å². The summed E-state index contributed by atoms with van der Waals surface area (Å²) in [6.07, 6.45) is 2.41. The number of anilines is 1. The standard InChI is InChI=1S/C35H51N5O12/c1-25(33(46)37-23-30(43)39-27-7-5-26(6-8-27)24-52-34(47)35(2,3)4)38-29(42)12-15-48-17-19-50-21-22-51-20-18-49-16-13-36-28(41)11-14-40-31(44)9-10-32(40)45/h5-10,25H,11-24H2,1-4H3,(H,36,41)(H,37,46)(H,38,42)(H,39,43)/t25-/m0/s1. The van der Waals surface area contributed by atoms with Crippen molar-refractivity contribution in [2.45, 2.75) is 53.2 Å². The molecule has 0 saturated carbocycles. The Morgan fingerprint density at radius 1 is 0.712 bits per heavy atom. The molecule has 1 aliphatic rings. The van der Waals surface area contributed by atoms with Gasteiger partial charge in [0.15, 0.2) is 0 Å². The summed E-state index contributed by atoms with van der Waals surface area (Å²) < 4.78 is 26.8. The number of esters is 1. The lowest BCUT2D eigenvalue weighted by Gasteiger charge is -2.16. The molecule has 6 amide bonds. The summed E-state index contributed by atoms with van der Waals surface area (Å²) in [5.74, 6) is -2.79. The summed E-state index contributed by atoms with van der Waals surface area (Å²) in [5, 5.41) is 10.4. The summed E-state index contributed by atoms with van der Waals surface area (Å²) in [4.78, 5) is 84.4. The van der Waals surface area contributed by atoms with Gasteiger partial charge in [-0.05, 0) is 45.4 Å². The van der Waals surface area contributed by atoms with Gasteiger partial charge in [0.2, 0.25) is 23.6 Å². The first-order valence-corrected chi connectivity index (χ1v) is 17.0. The number of rotatable bonds is 25. The summed E-state index contributed by atoms with van der Waals surface area (Å²) in [7, 11) is 0. The smallest absolute Gasteiger partial charge is 0.311 e. The number of hydrogen-bond acceptors (Lipinski definition) is 12. The molecule has 0 aromatic heterocycles. The van der Waals surface area contributed by atoms with Crippen LogP contribution in [0, 0.1) is 5.41 Å². The fraction of sp³-hybridized carbons (Fsp3) is 0.571. The second-order valence-electron chi connectivity index (χ2n) is 12.5. The Bertz CT molecular complexity index is 1360. The van der Waals surface area contributed by atoms with E-state index in [9.17, 15) is 33.6 Å². The third-order valence-electron chi connectivity index (χ3n) is 7.04. The Kier molecular flexibility index (Phi) is 19.8. The van der Waals surface area contributed by atoms with Crippen LogP contribution in [-0.2, 0) is 63.9 Å². The van der Waals surface area contributed by atoms with Gasteiger partial charge in [0.1, 0.15) is 12.6 Å². The molecule has 17 heteroatoms. The third kappa shape index (κ3) is 18.5. The molecule has 1 aliphatic heterocycles. The van der Waals surface area contributed by atoms with Gasteiger partial charge < -0.3 is 45.0 Å². The molecule has 17 nitrogen and oxygen atoms in total. The average molecular weight is 734 g/mol. The molecule has 1 aromatic carbocycles. The molecule has 1 aromatic rings. The number of imide groups is 1. The first-order chi connectivity index (χ1) is 24.8. The number of carbonyl (C=O) groups excluding carboxylic acids is 7. The van der Waals surface area contributed by atoms with Crippen LogP contribution in [0.1, 0.15) is 46.1 Å². The molecule has 288 valence electrons. The number of nitrogens with one attached hydrogen (secondary N) is 4. The quantitative estimate of drug-likeness (QED) is 0.0603. The molecular formula is C35H51N5O12. The number of carbonyl (C=O) groups is 7. The minimum atomic E-state index is -0.860. The maximum atomic E-state index is 12.3. The second-order valence-corrected chi connectivity index (χ2v) is 12.5. The van der Waals surface area contributed by atoms with Crippen molar-refractivity contribution in [2.75, 3.05) is 77.8 Å². The van der Waals surface area contributed by atoms with Crippen LogP contribution in [-0.4, -0.2) is 125 Å². The summed E-state index contributed by atoms with van der Waals surface area (Å²) in [6, 6.07) is 5.91. The molecule has 0 fully saturated rings. The van der Waals surface area contributed by atoms with Gasteiger partial charge in [-0.1, -0.05) is 12.1 Å². The molecule has 0 unspecified atom stereocenters. The van der Waals surface area contributed by atoms with Gasteiger partial charge in [-0.15, -0.1) is 0 Å². The van der Waals surface area contributed by atoms with Crippen molar-refractivity contribution in [3.05, 3.63) is 42.0 Å². The average Bonchev–Trinajstić information content (AvgIpc) is 3.42. The van der Waals surface area contributed by atoms with Crippen LogP contribution in [0.15, 0.2) is 36.4 Å². The van der Waals surface area contributed by atoms with Gasteiger partial charge in [0, 0.05) is 43.8 Å². The lowest BCUT2D eigenvalue weighted by Crippen LogP contribution is -2.46. The van der Waals surface area contributed by atoms with E-state index in [1.807, 2.05) is 0 Å². The van der Waals surface area contributed by atoms with E-state index in [1.54, 1.807) is 45.0 Å². The van der Waals surface area contributed by atoms with Crippen LogP contribution in [0.4, 0.5) is 5.69 Å². The van der Waals surface area contributed by atoms with Gasteiger partial charge >= 0.3 is 5.97 Å². The van der Waals surface area contributed by atoms with Gasteiger partial charge in [0.05, 0.1) is 64.8 Å². The van der Waals surface area contributed by atoms with E-state index in [0.717, 1.165) is 10.5 Å². The molecule has 4 N–H and O–H groups in total. The highest BCUT2D eigenvalue weighted by Crippen LogP contribution is 2.17. The Balaban J connectivity index is 1.39. The molecule has 0 spiro atoms. The molecule has 52 heavy (non-hydrogen) atoms. The topological polar surface area (TPSA) is 217 Å². The zero-order valence-electron chi connectivity index (χ0n) is 30.3. The Hall–Kier alpha value is -4.71. The second kappa shape index (κ2) is 23.7. The van der Waals surface area contributed by atoms with E-state index in [-0.39, 0.29) is 76.7 Å². The van der Waals surface area contributed by atoms with Gasteiger partial charge in [0.25, 0.3) is 11.8 Å². The van der Waals surface area contributed by atoms with E-state index in [2.05, 4.69) is 21.3 Å². The van der Waals surface area contributed by atoms with Crippen LogP contribution < -0.4 is 21.3 Å². The van der Waals surface area contributed by atoms with E-state index in [0.29, 0.717) is 38.7 Å². The van der Waals surface area contributed by atoms with Crippen LogP contribution in [0.2, 0.25) is 0 Å². The first-order valence-electron chi connectivity index (χ1n) is 17.0. The lowest BCUT2D eigenvalue weighted by molar-refractivity contribution is -0.154. The highest BCUT2D eigenvalue weighted by molar-refractivity contribution is 6.13. The molecule has 0 radical (unpaired) electrons. The number of ether oxygens (including phenoxy) is 5. The summed E-state index contributed by atoms with van der Waals surface area (Å²) in [5.41, 5.74) is 0.674. The van der Waals surface area contributed by atoms with E-state index in [1.165, 1.54) is 19.1 Å². The molecule has 0 saturated heterocycles. The molecular weight excluding hydrogens is 682 g/mol. The summed E-state index contributed by atoms with van der Waals surface area (Å²) >= 11 is 0. The minimum Gasteiger partial charge on any atom is -0.460 e. The molecule has 2 rings (SSSR count). The third-order valence-corrected chi connectivity index (χ3v) is 7.04. The zero-order chi connectivity index (χ0) is 38.4. The normalized spacial score (nSPS) is 13.1. The Morgan fingerprint density at radius 2 is 1.27 bits per heavy atom. The van der Waals surface area contributed by atoms with Crippen molar-refractivity contribution in [1.82, 2.24) is 20.9 Å². The van der Waals surface area contributed by atoms with Gasteiger partial charge in [-0.3, -0.25) is 38.5 Å². The Labute approximate surface area is 303 Å². The number of amides is 6. The number of nitrogens with zero attached hydrogens (tertiary/aromatic N) is 1. The van der Waals surface area contributed by atoms with Crippen molar-refractivity contribution >= 4 is 47.1 Å². The van der Waals surface area contributed by atoms with Crippen molar-refractivity contribution in [3.63, 3.8) is 0 Å². The monoisotopic (exact) mass is 733 g/mol. The largest absolute Gasteiger partial charge is 0.460 e. The molecule has 0 bridgehead atoms. The van der Waals surface area contributed by atoms with Crippen molar-refractivity contribution in [1.29, 1.82) is 0 Å². The van der Waals surface area contributed by atoms with Crippen LogP contribution in [0.5, 0.6) is 0 Å². The van der Waals surface area contributed by atoms with Crippen molar-refractivity contribution in [3.8, 4) is 0 Å². The number of benzene rings is 1. The van der Waals surface area contributed by atoms with Crippen LogP contribution in [0.3, 0.4) is 0 Å². The fourth-order valence-electron chi connectivity index (χ4n) is 4.10. The zero-order valence-corrected chi connectivity index (χ0v) is 30.3. The first kappa shape index (κ1) is 43.5. The molecule has 0 aliphatic carbocycles. The van der Waals surface area contributed by atoms with Crippen molar-refractivity contribution in [2.24, 2.45) is 5.41 Å². The lowest BCUT2D eigenvalue weighted by atomic mass is 9.97. The molecule has 1 atom stereocenters. The fourth-order valence-corrected chi connectivity index (χ4v) is 4.10. The maximum absolute atomic E-state index is 12.3. The van der Waals surface area contributed by atoms with E-state index in [4.69, 9.17) is 23.7 Å².